The Balaban J connectivity index is 1.88. The maximum Gasteiger partial charge on any atom is 0.226 e. The average molecular weight is 441 g/mol. The van der Waals surface area contributed by atoms with Gasteiger partial charge in [-0.2, -0.15) is 0 Å². The Morgan fingerprint density at radius 2 is 2.03 bits per heavy atom. The fourth-order valence-corrected chi connectivity index (χ4v) is 5.84. The van der Waals surface area contributed by atoms with Crippen molar-refractivity contribution in [2.75, 3.05) is 18.1 Å². The van der Waals surface area contributed by atoms with Crippen molar-refractivity contribution >= 4 is 31.9 Å². The number of aliphatic hydroxyl groups excluding tert-OH is 1. The Bertz CT molecular complexity index is 1410. The summed E-state index contributed by atoms with van der Waals surface area (Å²) in [5.41, 5.74) is 8.05. The Morgan fingerprint density at radius 3 is 2.71 bits per heavy atom. The van der Waals surface area contributed by atoms with Crippen molar-refractivity contribution in [3.8, 4) is 0 Å². The number of fused-ring (bicyclic) bond motifs is 3. The monoisotopic (exact) mass is 440 g/mol. The number of aromatic nitrogens is 4. The standard InChI is InChI=1S/C21H24N6O3S/c1-12-5-3-4-6-16(12)31(29,30)21-17-18(15-7-9-23-19(15)25-21)27(20(24-17)13(2)28)26-10-8-14(22)11-26/h3-7,9,13-14,28H,8,10-11,22H2,1-2H3,(H,23,25)/t13-,14?/m1/s1. The van der Waals surface area contributed by atoms with Crippen LogP contribution in [0.25, 0.3) is 22.1 Å². The molecule has 10 heteroatoms. The molecule has 162 valence electrons. The van der Waals surface area contributed by atoms with Gasteiger partial charge in [0.1, 0.15) is 22.8 Å². The lowest BCUT2D eigenvalue weighted by molar-refractivity contribution is 0.184. The van der Waals surface area contributed by atoms with Crippen LogP contribution < -0.4 is 10.7 Å². The first-order valence-electron chi connectivity index (χ1n) is 10.2. The van der Waals surface area contributed by atoms with Gasteiger partial charge in [0.05, 0.1) is 4.90 Å². The number of nitrogens with one attached hydrogen (secondary N) is 1. The minimum Gasteiger partial charge on any atom is -0.385 e. The average Bonchev–Trinajstić information content (AvgIpc) is 3.44. The fraction of sp³-hybridized carbons (Fsp3) is 0.333. The van der Waals surface area contributed by atoms with Gasteiger partial charge in [-0.3, -0.25) is 0 Å². The van der Waals surface area contributed by atoms with Gasteiger partial charge >= 0.3 is 0 Å². The van der Waals surface area contributed by atoms with Gasteiger partial charge in [0.25, 0.3) is 0 Å². The lowest BCUT2D eigenvalue weighted by atomic mass is 10.2. The molecule has 9 nitrogen and oxygen atoms in total. The van der Waals surface area contributed by atoms with Crippen LogP contribution in [0.4, 0.5) is 0 Å². The number of rotatable bonds is 4. The van der Waals surface area contributed by atoms with Crippen molar-refractivity contribution < 1.29 is 13.5 Å². The summed E-state index contributed by atoms with van der Waals surface area (Å²) >= 11 is 0. The molecule has 4 aromatic rings. The van der Waals surface area contributed by atoms with Gasteiger partial charge in [-0.15, -0.1) is 0 Å². The third-order valence-electron chi connectivity index (χ3n) is 5.77. The zero-order valence-corrected chi connectivity index (χ0v) is 18.1. The second kappa shape index (κ2) is 7.04. The summed E-state index contributed by atoms with van der Waals surface area (Å²) in [6.45, 7) is 4.63. The van der Waals surface area contributed by atoms with Crippen molar-refractivity contribution in [3.05, 3.63) is 47.9 Å². The molecule has 5 rings (SSSR count). The molecule has 0 radical (unpaired) electrons. The van der Waals surface area contributed by atoms with Crippen LogP contribution >= 0.6 is 0 Å². The van der Waals surface area contributed by atoms with Gasteiger partial charge in [0, 0.05) is 30.7 Å². The van der Waals surface area contributed by atoms with E-state index in [9.17, 15) is 13.5 Å². The van der Waals surface area contributed by atoms with Gasteiger partial charge in [-0.1, -0.05) is 18.2 Å². The van der Waals surface area contributed by atoms with E-state index in [4.69, 9.17) is 5.73 Å². The molecule has 1 aliphatic heterocycles. The summed E-state index contributed by atoms with van der Waals surface area (Å²) in [6.07, 6.45) is 1.61. The van der Waals surface area contributed by atoms with Crippen LogP contribution in [0.15, 0.2) is 46.5 Å². The molecule has 31 heavy (non-hydrogen) atoms. The van der Waals surface area contributed by atoms with E-state index in [1.807, 2.05) is 15.8 Å². The summed E-state index contributed by atoms with van der Waals surface area (Å²) in [5.74, 6) is 0.362. The van der Waals surface area contributed by atoms with Crippen molar-refractivity contribution in [2.24, 2.45) is 5.73 Å². The summed E-state index contributed by atoms with van der Waals surface area (Å²) < 4.78 is 29.2. The normalized spacial score (nSPS) is 18.3. The molecule has 0 saturated carbocycles. The van der Waals surface area contributed by atoms with Crippen LogP contribution in [0.3, 0.4) is 0 Å². The number of aliphatic hydroxyl groups is 1. The molecule has 1 unspecified atom stereocenters. The van der Waals surface area contributed by atoms with Gasteiger partial charge in [0.15, 0.2) is 10.9 Å². The second-order valence-electron chi connectivity index (χ2n) is 8.04. The van der Waals surface area contributed by atoms with E-state index in [-0.39, 0.29) is 21.5 Å². The van der Waals surface area contributed by atoms with Crippen LogP contribution in [0, 0.1) is 6.92 Å². The molecule has 0 aliphatic carbocycles. The highest BCUT2D eigenvalue weighted by molar-refractivity contribution is 7.91. The molecule has 0 amide bonds. The molecule has 1 saturated heterocycles. The summed E-state index contributed by atoms with van der Waals surface area (Å²) in [6, 6.07) is 8.65. The molecule has 3 aromatic heterocycles. The summed E-state index contributed by atoms with van der Waals surface area (Å²) in [5, 5.41) is 13.1. The highest BCUT2D eigenvalue weighted by atomic mass is 32.2. The van der Waals surface area contributed by atoms with Crippen molar-refractivity contribution in [3.63, 3.8) is 0 Å². The number of nitrogens with zero attached hydrogens (tertiary/aromatic N) is 4. The number of pyridine rings is 1. The highest BCUT2D eigenvalue weighted by Gasteiger charge is 2.32. The molecule has 1 fully saturated rings. The van der Waals surface area contributed by atoms with E-state index in [2.05, 4.69) is 15.0 Å². The number of H-pyrrole nitrogens is 1. The van der Waals surface area contributed by atoms with Gasteiger partial charge in [0.2, 0.25) is 9.84 Å². The molecule has 4 heterocycles. The van der Waals surface area contributed by atoms with Crippen LogP contribution in [-0.4, -0.2) is 52.3 Å². The van der Waals surface area contributed by atoms with Crippen LogP contribution in [0.5, 0.6) is 0 Å². The second-order valence-corrected chi connectivity index (χ2v) is 9.88. The molecule has 4 N–H and O–H groups in total. The van der Waals surface area contributed by atoms with Crippen LogP contribution in [0.2, 0.25) is 0 Å². The Hall–Kier alpha value is -2.95. The van der Waals surface area contributed by atoms with E-state index in [0.29, 0.717) is 35.6 Å². The van der Waals surface area contributed by atoms with Gasteiger partial charge < -0.3 is 20.8 Å². The summed E-state index contributed by atoms with van der Waals surface area (Å²) in [4.78, 5) is 12.3. The van der Waals surface area contributed by atoms with E-state index in [1.54, 1.807) is 44.3 Å². The molecule has 0 bridgehead atoms. The maximum absolute atomic E-state index is 13.7. The quantitative estimate of drug-likeness (QED) is 0.441. The maximum atomic E-state index is 13.7. The predicted octanol–water partition coefficient (Wildman–Crippen LogP) is 1.78. The van der Waals surface area contributed by atoms with Crippen molar-refractivity contribution in [1.82, 2.24) is 19.6 Å². The number of aromatic amines is 1. The minimum atomic E-state index is -3.96. The van der Waals surface area contributed by atoms with Crippen LogP contribution in [0.1, 0.15) is 30.8 Å². The Labute approximate surface area is 179 Å². The van der Waals surface area contributed by atoms with E-state index >= 15 is 0 Å². The predicted molar refractivity (Wildman–Crippen MR) is 117 cm³/mol. The van der Waals surface area contributed by atoms with Gasteiger partial charge in [-0.05, 0) is 38.0 Å². The van der Waals surface area contributed by atoms with Crippen molar-refractivity contribution in [2.45, 2.75) is 42.3 Å². The fourth-order valence-electron chi connectivity index (χ4n) is 4.28. The molecular weight excluding hydrogens is 416 g/mol. The number of hydrogen-bond donors (Lipinski definition) is 3. The summed E-state index contributed by atoms with van der Waals surface area (Å²) in [7, 11) is -3.96. The molecule has 2 atom stereocenters. The topological polar surface area (TPSA) is 130 Å². The third-order valence-corrected chi connectivity index (χ3v) is 7.60. The largest absolute Gasteiger partial charge is 0.385 e. The zero-order valence-electron chi connectivity index (χ0n) is 17.3. The Morgan fingerprint density at radius 1 is 1.26 bits per heavy atom. The Kier molecular flexibility index (Phi) is 4.54. The minimum absolute atomic E-state index is 0.00183. The molecular formula is C21H24N6O3S. The number of aryl methyl sites for hydroxylation is 1. The number of hydrogen-bond acceptors (Lipinski definition) is 7. The van der Waals surface area contributed by atoms with E-state index in [0.717, 1.165) is 11.8 Å². The van der Waals surface area contributed by atoms with E-state index in [1.165, 1.54) is 0 Å². The highest BCUT2D eigenvalue weighted by Crippen LogP contribution is 2.34. The molecule has 1 aromatic carbocycles. The smallest absolute Gasteiger partial charge is 0.226 e. The SMILES string of the molecule is Cc1ccccc1S(=O)(=O)c1nc2[nH]ccc2c2c1nc([C@@H](C)O)n2N1CCC(N)C1. The zero-order chi connectivity index (χ0) is 21.9. The lowest BCUT2D eigenvalue weighted by Gasteiger charge is -2.24. The number of nitrogens with two attached hydrogens (primary N) is 1. The third kappa shape index (κ3) is 3.01. The first kappa shape index (κ1) is 20.0. The number of sulfone groups is 1. The first-order valence-corrected chi connectivity index (χ1v) is 11.7. The van der Waals surface area contributed by atoms with Gasteiger partial charge in [-0.25, -0.2) is 23.1 Å². The number of benzene rings is 1. The molecule has 1 aliphatic rings. The first-order chi connectivity index (χ1) is 14.8. The van der Waals surface area contributed by atoms with Crippen molar-refractivity contribution in [1.29, 1.82) is 0 Å². The lowest BCUT2D eigenvalue weighted by Crippen LogP contribution is -2.36. The van der Waals surface area contributed by atoms with E-state index < -0.39 is 15.9 Å². The van der Waals surface area contributed by atoms with Crippen LogP contribution in [-0.2, 0) is 9.84 Å². The molecule has 0 spiro atoms. The number of imidazole rings is 1.